The number of hydrogen-bond donors (Lipinski definition) is 4. The van der Waals surface area contributed by atoms with Gasteiger partial charge in [-0.15, -0.1) is 11.6 Å². The van der Waals surface area contributed by atoms with Crippen molar-refractivity contribution in [1.82, 2.24) is 9.55 Å². The van der Waals surface area contributed by atoms with Crippen LogP contribution in [0.3, 0.4) is 0 Å². The molecule has 5 atom stereocenters. The van der Waals surface area contributed by atoms with Crippen molar-refractivity contribution in [1.29, 1.82) is 0 Å². The molecule has 2 heterocycles. The maximum Gasteiger partial charge on any atom is 0.351 e. The van der Waals surface area contributed by atoms with Crippen molar-refractivity contribution in [3.63, 3.8) is 0 Å². The molecule has 9 heteroatoms. The molecule has 1 aromatic heterocycles. The van der Waals surface area contributed by atoms with Crippen LogP contribution in [0.25, 0.3) is 0 Å². The van der Waals surface area contributed by atoms with E-state index in [-0.39, 0.29) is 11.7 Å². The summed E-state index contributed by atoms with van der Waals surface area (Å²) in [6.07, 6.45) is -1.25. The number of hydrogen-bond acceptors (Lipinski definition) is 7. The van der Waals surface area contributed by atoms with Gasteiger partial charge in [-0.2, -0.15) is 4.98 Å². The van der Waals surface area contributed by atoms with Gasteiger partial charge in [0.1, 0.15) is 23.1 Å². The Hall–Kier alpha value is -1.19. The van der Waals surface area contributed by atoms with Crippen LogP contribution in [0.1, 0.15) is 13.2 Å². The number of rotatable bonds is 2. The van der Waals surface area contributed by atoms with E-state index in [4.69, 9.17) is 22.1 Å². The Morgan fingerprint density at radius 3 is 2.75 bits per heavy atom. The van der Waals surface area contributed by atoms with Gasteiger partial charge in [0.2, 0.25) is 0 Å². The van der Waals surface area contributed by atoms with Crippen LogP contribution in [0.4, 0.5) is 5.82 Å². The van der Waals surface area contributed by atoms with Gasteiger partial charge >= 0.3 is 5.69 Å². The maximum atomic E-state index is 11.8. The number of nitrogen functional groups attached to an aromatic ring is 1. The molecule has 1 aliphatic heterocycles. The summed E-state index contributed by atoms with van der Waals surface area (Å²) >= 11 is 5.74. The van der Waals surface area contributed by atoms with Crippen LogP contribution in [0, 0.1) is 0 Å². The van der Waals surface area contributed by atoms with E-state index in [1.54, 1.807) is 0 Å². The number of alkyl halides is 1. The lowest BCUT2D eigenvalue weighted by Gasteiger charge is -2.32. The average Bonchev–Trinajstić information content (AvgIpc) is 2.78. The quantitative estimate of drug-likeness (QED) is 0.473. The summed E-state index contributed by atoms with van der Waals surface area (Å²) in [4.78, 5) is 15.3. The van der Waals surface area contributed by atoms with Gasteiger partial charge in [-0.3, -0.25) is 4.57 Å². The number of ether oxygens (including phenoxy) is 1. The number of nitrogens with zero attached hydrogens (tertiary/aromatic N) is 2. The van der Waals surface area contributed by atoms with E-state index in [9.17, 15) is 20.1 Å². The fourth-order valence-corrected chi connectivity index (χ4v) is 3.38. The predicted molar refractivity (Wildman–Crippen MR) is 68.1 cm³/mol. The molecule has 0 amide bonds. The van der Waals surface area contributed by atoms with Gasteiger partial charge in [0.05, 0.1) is 5.88 Å². The van der Waals surface area contributed by atoms with E-state index in [1.807, 2.05) is 0 Å². The number of anilines is 1. The molecule has 1 unspecified atom stereocenters. The lowest BCUT2D eigenvalue weighted by Crippen LogP contribution is -2.50. The van der Waals surface area contributed by atoms with Crippen molar-refractivity contribution in [2.75, 3.05) is 11.6 Å². The first-order valence-corrected chi connectivity index (χ1v) is 6.47. The molecular formula is C11H14ClN3O5. The highest BCUT2D eigenvalue weighted by atomic mass is 35.5. The maximum absolute atomic E-state index is 11.8. The number of halogens is 1. The predicted octanol–water partition coefficient (Wildman–Crippen LogP) is -1.81. The molecule has 20 heavy (non-hydrogen) atoms. The second-order valence-electron chi connectivity index (χ2n) is 5.35. The van der Waals surface area contributed by atoms with Crippen LogP contribution in [-0.2, 0) is 4.74 Å². The molecule has 3 rings (SSSR count). The van der Waals surface area contributed by atoms with E-state index in [0.717, 1.165) is 4.57 Å². The van der Waals surface area contributed by atoms with Crippen molar-refractivity contribution < 1.29 is 20.1 Å². The highest BCUT2D eigenvalue weighted by molar-refractivity contribution is 6.19. The summed E-state index contributed by atoms with van der Waals surface area (Å²) in [5, 5.41) is 30.8. The molecule has 110 valence electrons. The molecule has 0 radical (unpaired) electrons. The zero-order valence-electron chi connectivity index (χ0n) is 10.5. The second kappa shape index (κ2) is 3.71. The third-order valence-electron chi connectivity index (χ3n) is 4.28. The Bertz CT molecular complexity index is 635. The summed E-state index contributed by atoms with van der Waals surface area (Å²) in [5.74, 6) is -0.200. The largest absolute Gasteiger partial charge is 0.387 e. The number of aliphatic hydroxyl groups is 3. The lowest BCUT2D eigenvalue weighted by molar-refractivity contribution is -0.165. The van der Waals surface area contributed by atoms with Gasteiger partial charge in [-0.1, -0.05) is 0 Å². The molecule has 8 nitrogen and oxygen atoms in total. The molecule has 0 aromatic carbocycles. The van der Waals surface area contributed by atoms with Gasteiger partial charge in [0, 0.05) is 6.20 Å². The minimum absolute atomic E-state index is 0.0276. The molecular weight excluding hydrogens is 290 g/mol. The first kappa shape index (κ1) is 13.8. The number of aromatic nitrogens is 2. The SMILES string of the molecule is C[C@]1(O)[C@H](n2ccc(N)nc2=O)O[C@]2(CCl)C(O)[C@@]12O. The van der Waals surface area contributed by atoms with E-state index in [2.05, 4.69) is 4.98 Å². The normalized spacial score (nSPS) is 46.2. The van der Waals surface area contributed by atoms with E-state index >= 15 is 0 Å². The third kappa shape index (κ3) is 1.26. The molecule has 0 bridgehead atoms. The first-order chi connectivity index (χ1) is 9.22. The Balaban J connectivity index is 2.08. The lowest BCUT2D eigenvalue weighted by atomic mass is 9.94. The van der Waals surface area contributed by atoms with Crippen molar-refractivity contribution in [2.45, 2.75) is 36.1 Å². The van der Waals surface area contributed by atoms with Crippen molar-refractivity contribution in [2.24, 2.45) is 0 Å². The Morgan fingerprint density at radius 1 is 1.60 bits per heavy atom. The smallest absolute Gasteiger partial charge is 0.351 e. The summed E-state index contributed by atoms with van der Waals surface area (Å²) in [5.41, 5.74) is -0.692. The van der Waals surface area contributed by atoms with Gasteiger partial charge in [-0.25, -0.2) is 4.79 Å². The Morgan fingerprint density at radius 2 is 2.25 bits per heavy atom. The third-order valence-corrected chi connectivity index (χ3v) is 4.67. The van der Waals surface area contributed by atoms with Crippen LogP contribution in [0.2, 0.25) is 0 Å². The highest BCUT2D eigenvalue weighted by Crippen LogP contribution is 2.67. The molecule has 2 aliphatic rings. The number of nitrogens with two attached hydrogens (primary N) is 1. The fraction of sp³-hybridized carbons (Fsp3) is 0.636. The van der Waals surface area contributed by atoms with Crippen LogP contribution >= 0.6 is 11.6 Å². The number of fused-ring (bicyclic) bond motifs is 1. The monoisotopic (exact) mass is 303 g/mol. The van der Waals surface area contributed by atoms with Gasteiger partial charge in [-0.05, 0) is 13.0 Å². The summed E-state index contributed by atoms with van der Waals surface area (Å²) in [7, 11) is 0. The van der Waals surface area contributed by atoms with Crippen LogP contribution in [0.15, 0.2) is 17.1 Å². The Labute approximate surface area is 118 Å². The van der Waals surface area contributed by atoms with Crippen LogP contribution in [0.5, 0.6) is 0 Å². The summed E-state index contributed by atoms with van der Waals surface area (Å²) in [6.45, 7) is 1.27. The van der Waals surface area contributed by atoms with Crippen molar-refractivity contribution in [3.8, 4) is 0 Å². The standard InChI is InChI=1S/C11H14ClN3O5/c1-9(18)7(15-3-2-5(13)14-8(15)17)20-10(4-12)6(16)11(9,10)19/h2-3,6-7,16,18-19H,4H2,1H3,(H2,13,14,17)/t6?,7-,9+,10-,11-/m1/s1. The second-order valence-corrected chi connectivity index (χ2v) is 5.62. The van der Waals surface area contributed by atoms with Gasteiger partial charge in [0.25, 0.3) is 0 Å². The molecule has 2 fully saturated rings. The molecule has 1 saturated carbocycles. The topological polar surface area (TPSA) is 131 Å². The number of aliphatic hydroxyl groups excluding tert-OH is 1. The molecule has 0 spiro atoms. The zero-order valence-corrected chi connectivity index (χ0v) is 11.3. The molecule has 1 aliphatic carbocycles. The Kier molecular flexibility index (Phi) is 2.56. The minimum atomic E-state index is -1.94. The van der Waals surface area contributed by atoms with Crippen LogP contribution < -0.4 is 11.4 Å². The van der Waals surface area contributed by atoms with Crippen molar-refractivity contribution in [3.05, 3.63) is 22.7 Å². The minimum Gasteiger partial charge on any atom is -0.387 e. The fourth-order valence-electron chi connectivity index (χ4n) is 2.97. The van der Waals surface area contributed by atoms with E-state index in [1.165, 1.54) is 19.2 Å². The zero-order chi connectivity index (χ0) is 14.9. The summed E-state index contributed by atoms with van der Waals surface area (Å²) in [6, 6.07) is 1.36. The molecule has 5 N–H and O–H groups in total. The average molecular weight is 304 g/mol. The van der Waals surface area contributed by atoms with E-state index < -0.39 is 34.8 Å². The van der Waals surface area contributed by atoms with E-state index in [0.29, 0.717) is 0 Å². The van der Waals surface area contributed by atoms with Gasteiger partial charge in [0.15, 0.2) is 11.8 Å². The summed E-state index contributed by atoms with van der Waals surface area (Å²) < 4.78 is 6.51. The van der Waals surface area contributed by atoms with Crippen molar-refractivity contribution >= 4 is 17.4 Å². The van der Waals surface area contributed by atoms with Gasteiger partial charge < -0.3 is 25.8 Å². The molecule has 1 aromatic rings. The molecule has 1 saturated heterocycles. The first-order valence-electron chi connectivity index (χ1n) is 5.93. The van der Waals surface area contributed by atoms with Crippen LogP contribution in [-0.4, -0.2) is 53.7 Å². The highest BCUT2D eigenvalue weighted by Gasteiger charge is 2.91.